The van der Waals surface area contributed by atoms with Crippen LogP contribution in [0.1, 0.15) is 51.9 Å². The first-order valence-electron chi connectivity index (χ1n) is 6.15. The van der Waals surface area contributed by atoms with Crippen LogP contribution in [0.4, 0.5) is 0 Å². The molecule has 3 nitrogen and oxygen atoms in total. The number of carbonyl (C=O) groups excluding carboxylic acids is 2. The van der Waals surface area contributed by atoms with Gasteiger partial charge in [0.25, 0.3) is 0 Å². The van der Waals surface area contributed by atoms with Gasteiger partial charge in [-0.15, -0.1) is 0 Å². The largest absolute Gasteiger partial charge is 0.393 e. The second kappa shape index (κ2) is 7.20. The maximum absolute atomic E-state index is 11.3. The van der Waals surface area contributed by atoms with Gasteiger partial charge in [-0.05, 0) is 19.3 Å². The van der Waals surface area contributed by atoms with Crippen LogP contribution in [0.15, 0.2) is 12.2 Å². The van der Waals surface area contributed by atoms with Crippen LogP contribution in [-0.2, 0) is 14.3 Å². The van der Waals surface area contributed by atoms with E-state index in [0.29, 0.717) is 12.8 Å². The highest BCUT2D eigenvalue weighted by atomic mass is 16.6. The molecule has 90 valence electrons. The number of carbonyl (C=O) groups is 2. The summed E-state index contributed by atoms with van der Waals surface area (Å²) < 4.78 is 4.57. The van der Waals surface area contributed by atoms with Crippen LogP contribution in [0.5, 0.6) is 0 Å². The molecular weight excluding hydrogens is 204 g/mol. The monoisotopic (exact) mass is 224 g/mol. The predicted molar refractivity (Wildman–Crippen MR) is 61.7 cm³/mol. The Bertz CT molecular complexity index is 268. The molecule has 0 amide bonds. The molecular formula is C13H20O3. The number of ether oxygens (including phenoxy) is 1. The number of esters is 2. The Morgan fingerprint density at radius 2 is 2.12 bits per heavy atom. The molecule has 1 fully saturated rings. The minimum Gasteiger partial charge on any atom is -0.393 e. The third kappa shape index (κ3) is 4.60. The topological polar surface area (TPSA) is 43.4 Å². The minimum absolute atomic E-state index is 0.205. The first-order chi connectivity index (χ1) is 7.74. The average Bonchev–Trinajstić information content (AvgIpc) is 2.26. The molecule has 0 aromatic rings. The third-order valence-electron chi connectivity index (χ3n) is 2.77. The van der Waals surface area contributed by atoms with Gasteiger partial charge < -0.3 is 4.74 Å². The molecule has 1 atom stereocenters. The maximum atomic E-state index is 11.3. The van der Waals surface area contributed by atoms with Gasteiger partial charge in [0.1, 0.15) is 0 Å². The molecule has 0 bridgehead atoms. The van der Waals surface area contributed by atoms with Gasteiger partial charge in [0.15, 0.2) is 0 Å². The van der Waals surface area contributed by atoms with E-state index in [4.69, 9.17) is 0 Å². The molecule has 0 spiro atoms. The fraction of sp³-hybridized carbons (Fsp3) is 0.692. The summed E-state index contributed by atoms with van der Waals surface area (Å²) in [5, 5.41) is 0. The standard InChI is InChI=1S/C13H20O3/c1-2-3-4-5-6-7-8-11-9-10-12(14)16-13(11)15/h7-8,11H,2-6,9-10H2,1H3. The summed E-state index contributed by atoms with van der Waals surface area (Å²) in [6.07, 6.45) is 10.8. The molecule has 1 heterocycles. The number of allylic oxidation sites excluding steroid dienone is 1. The number of rotatable bonds is 6. The molecule has 0 radical (unpaired) electrons. The van der Waals surface area contributed by atoms with Crippen molar-refractivity contribution >= 4 is 11.9 Å². The molecule has 0 aliphatic carbocycles. The van der Waals surface area contributed by atoms with E-state index in [2.05, 4.69) is 11.7 Å². The van der Waals surface area contributed by atoms with E-state index < -0.39 is 5.97 Å². The SMILES string of the molecule is CCCCCCC=CC1CCC(=O)OC1=O. The summed E-state index contributed by atoms with van der Waals surface area (Å²) in [4.78, 5) is 22.1. The van der Waals surface area contributed by atoms with Gasteiger partial charge in [0, 0.05) is 6.42 Å². The zero-order valence-corrected chi connectivity index (χ0v) is 9.91. The zero-order chi connectivity index (χ0) is 11.8. The minimum atomic E-state index is -0.391. The second-order valence-corrected chi connectivity index (χ2v) is 4.22. The van der Waals surface area contributed by atoms with Crippen LogP contribution in [0, 0.1) is 5.92 Å². The Hall–Kier alpha value is -1.12. The van der Waals surface area contributed by atoms with Gasteiger partial charge in [-0.1, -0.05) is 38.3 Å². The van der Waals surface area contributed by atoms with Crippen LogP contribution < -0.4 is 0 Å². The Balaban J connectivity index is 2.18. The summed E-state index contributed by atoms with van der Waals surface area (Å²) in [5.41, 5.74) is 0. The van der Waals surface area contributed by atoms with Crippen molar-refractivity contribution in [2.45, 2.75) is 51.9 Å². The lowest BCUT2D eigenvalue weighted by molar-refractivity contribution is -0.165. The van der Waals surface area contributed by atoms with Crippen molar-refractivity contribution in [3.63, 3.8) is 0 Å². The molecule has 1 saturated heterocycles. The molecule has 0 saturated carbocycles. The Kier molecular flexibility index (Phi) is 5.83. The average molecular weight is 224 g/mol. The van der Waals surface area contributed by atoms with Gasteiger partial charge in [-0.3, -0.25) is 9.59 Å². The molecule has 16 heavy (non-hydrogen) atoms. The van der Waals surface area contributed by atoms with E-state index in [1.807, 2.05) is 12.2 Å². The van der Waals surface area contributed by atoms with E-state index in [0.717, 1.165) is 6.42 Å². The molecule has 1 aliphatic heterocycles. The molecule has 1 rings (SSSR count). The first-order valence-corrected chi connectivity index (χ1v) is 6.15. The summed E-state index contributed by atoms with van der Waals surface area (Å²) >= 11 is 0. The van der Waals surface area contributed by atoms with Crippen molar-refractivity contribution in [3.8, 4) is 0 Å². The fourth-order valence-corrected chi connectivity index (χ4v) is 1.75. The molecule has 0 aromatic carbocycles. The number of hydrogen-bond acceptors (Lipinski definition) is 3. The van der Waals surface area contributed by atoms with Crippen LogP contribution in [-0.4, -0.2) is 11.9 Å². The predicted octanol–water partition coefficient (Wildman–Crippen LogP) is 2.99. The van der Waals surface area contributed by atoms with Crippen molar-refractivity contribution in [2.24, 2.45) is 5.92 Å². The van der Waals surface area contributed by atoms with Crippen LogP contribution in [0.3, 0.4) is 0 Å². The molecule has 3 heteroatoms. The van der Waals surface area contributed by atoms with Crippen molar-refractivity contribution in [3.05, 3.63) is 12.2 Å². The Labute approximate surface area is 96.9 Å². The van der Waals surface area contributed by atoms with E-state index >= 15 is 0 Å². The normalized spacial score (nSPS) is 21.4. The van der Waals surface area contributed by atoms with E-state index in [1.165, 1.54) is 25.7 Å². The number of cyclic esters (lactones) is 2. The van der Waals surface area contributed by atoms with Gasteiger partial charge in [0.2, 0.25) is 0 Å². The van der Waals surface area contributed by atoms with Gasteiger partial charge >= 0.3 is 11.9 Å². The molecule has 1 aliphatic rings. The summed E-state index contributed by atoms with van der Waals surface area (Å²) in [7, 11) is 0. The van der Waals surface area contributed by atoms with Crippen LogP contribution in [0.25, 0.3) is 0 Å². The summed E-state index contributed by atoms with van der Waals surface area (Å²) in [6.45, 7) is 2.19. The van der Waals surface area contributed by atoms with Crippen LogP contribution in [0.2, 0.25) is 0 Å². The summed E-state index contributed by atoms with van der Waals surface area (Å²) in [5.74, 6) is -0.984. The maximum Gasteiger partial charge on any atom is 0.320 e. The van der Waals surface area contributed by atoms with Crippen molar-refractivity contribution in [2.75, 3.05) is 0 Å². The second-order valence-electron chi connectivity index (χ2n) is 4.22. The number of hydrogen-bond donors (Lipinski definition) is 0. The van der Waals surface area contributed by atoms with E-state index in [1.54, 1.807) is 0 Å². The molecule has 0 aromatic heterocycles. The molecule has 0 N–H and O–H groups in total. The van der Waals surface area contributed by atoms with Gasteiger partial charge in [0.05, 0.1) is 5.92 Å². The third-order valence-corrected chi connectivity index (χ3v) is 2.77. The summed E-state index contributed by atoms with van der Waals surface area (Å²) in [6, 6.07) is 0. The lowest BCUT2D eigenvalue weighted by atomic mass is 10.00. The smallest absolute Gasteiger partial charge is 0.320 e. The number of unbranched alkanes of at least 4 members (excludes halogenated alkanes) is 4. The van der Waals surface area contributed by atoms with E-state index in [-0.39, 0.29) is 11.9 Å². The zero-order valence-electron chi connectivity index (χ0n) is 9.91. The van der Waals surface area contributed by atoms with Crippen molar-refractivity contribution in [1.29, 1.82) is 0 Å². The van der Waals surface area contributed by atoms with E-state index in [9.17, 15) is 9.59 Å². The van der Waals surface area contributed by atoms with Crippen molar-refractivity contribution < 1.29 is 14.3 Å². The first kappa shape index (κ1) is 12.9. The van der Waals surface area contributed by atoms with Gasteiger partial charge in [-0.25, -0.2) is 0 Å². The Morgan fingerprint density at radius 3 is 2.81 bits per heavy atom. The lowest BCUT2D eigenvalue weighted by Gasteiger charge is -2.15. The highest BCUT2D eigenvalue weighted by molar-refractivity contribution is 5.90. The quantitative estimate of drug-likeness (QED) is 0.301. The van der Waals surface area contributed by atoms with Gasteiger partial charge in [-0.2, -0.15) is 0 Å². The fourth-order valence-electron chi connectivity index (χ4n) is 1.75. The lowest BCUT2D eigenvalue weighted by Crippen LogP contribution is -2.26. The van der Waals surface area contributed by atoms with Crippen LogP contribution >= 0.6 is 0 Å². The Morgan fingerprint density at radius 1 is 1.31 bits per heavy atom. The highest BCUT2D eigenvalue weighted by Gasteiger charge is 2.26. The highest BCUT2D eigenvalue weighted by Crippen LogP contribution is 2.18. The molecule has 1 unspecified atom stereocenters. The van der Waals surface area contributed by atoms with Crippen molar-refractivity contribution in [1.82, 2.24) is 0 Å².